The van der Waals surface area contributed by atoms with E-state index in [4.69, 9.17) is 5.11 Å². The molecule has 2 amide bonds. The number of amides is 2. The third-order valence-corrected chi connectivity index (χ3v) is 5.68. The molecule has 0 aliphatic carbocycles. The highest BCUT2D eigenvalue weighted by Crippen LogP contribution is 2.16. The minimum Gasteiger partial charge on any atom is -0.480 e. The van der Waals surface area contributed by atoms with Crippen molar-refractivity contribution in [3.8, 4) is 0 Å². The van der Waals surface area contributed by atoms with Gasteiger partial charge in [0.1, 0.15) is 6.54 Å². The minimum absolute atomic E-state index is 0.0110. The molecule has 1 aromatic carbocycles. The van der Waals surface area contributed by atoms with Crippen LogP contribution >= 0.6 is 0 Å². The van der Waals surface area contributed by atoms with Crippen molar-refractivity contribution >= 4 is 27.8 Å². The number of hydrogen-bond donors (Lipinski definition) is 2. The lowest BCUT2D eigenvalue weighted by Crippen LogP contribution is -2.40. The van der Waals surface area contributed by atoms with Gasteiger partial charge in [0, 0.05) is 25.7 Å². The van der Waals surface area contributed by atoms with Crippen molar-refractivity contribution in [2.45, 2.75) is 18.7 Å². The Morgan fingerprint density at radius 1 is 1.15 bits per heavy atom. The Labute approximate surface area is 152 Å². The fourth-order valence-electron chi connectivity index (χ4n) is 2.19. The Balaban J connectivity index is 2.86. The second-order valence-electron chi connectivity index (χ2n) is 5.44. The maximum absolute atomic E-state index is 12.5. The summed E-state index contributed by atoms with van der Waals surface area (Å²) in [5.41, 5.74) is 0.0897. The zero-order chi connectivity index (χ0) is 19.9. The average Bonchev–Trinajstić information content (AvgIpc) is 2.59. The van der Waals surface area contributed by atoms with Crippen LogP contribution in [0.3, 0.4) is 0 Å². The lowest BCUT2D eigenvalue weighted by Gasteiger charge is -2.19. The van der Waals surface area contributed by atoms with Gasteiger partial charge in [-0.2, -0.15) is 4.31 Å². The van der Waals surface area contributed by atoms with Gasteiger partial charge in [-0.15, -0.1) is 0 Å². The number of likely N-dealkylation sites (N-methyl/N-ethyl adjacent to an activating group) is 1. The van der Waals surface area contributed by atoms with E-state index in [1.807, 2.05) is 0 Å². The van der Waals surface area contributed by atoms with Crippen molar-refractivity contribution < 1.29 is 27.9 Å². The lowest BCUT2D eigenvalue weighted by molar-refractivity contribution is -0.143. The van der Waals surface area contributed by atoms with E-state index in [-0.39, 0.29) is 10.5 Å². The smallest absolute Gasteiger partial charge is 0.323 e. The number of aliphatic carboxylic acids is 1. The highest BCUT2D eigenvalue weighted by molar-refractivity contribution is 7.89. The van der Waals surface area contributed by atoms with Gasteiger partial charge in [-0.3, -0.25) is 14.4 Å². The van der Waals surface area contributed by atoms with Crippen molar-refractivity contribution in [3.05, 3.63) is 29.8 Å². The normalized spacial score (nSPS) is 11.2. The number of benzene rings is 1. The van der Waals surface area contributed by atoms with Crippen molar-refractivity contribution in [1.29, 1.82) is 0 Å². The van der Waals surface area contributed by atoms with Gasteiger partial charge in [-0.1, -0.05) is 19.9 Å². The largest absolute Gasteiger partial charge is 0.480 e. The number of carboxylic acid groups (broad SMARTS) is 1. The lowest BCUT2D eigenvalue weighted by atomic mass is 10.2. The van der Waals surface area contributed by atoms with Crippen LogP contribution in [0.1, 0.15) is 24.2 Å². The van der Waals surface area contributed by atoms with Gasteiger partial charge >= 0.3 is 5.97 Å². The van der Waals surface area contributed by atoms with Crippen molar-refractivity contribution in [1.82, 2.24) is 14.5 Å². The first kappa shape index (κ1) is 21.6. The summed E-state index contributed by atoms with van der Waals surface area (Å²) in [4.78, 5) is 35.4. The molecule has 0 spiro atoms. The highest BCUT2D eigenvalue weighted by atomic mass is 32.2. The molecule has 9 nitrogen and oxygen atoms in total. The first-order valence-corrected chi connectivity index (χ1v) is 9.41. The number of rotatable bonds is 9. The molecule has 2 N–H and O–H groups in total. The molecule has 1 aromatic rings. The Bertz CT molecular complexity index is 774. The Hall–Kier alpha value is -2.46. The van der Waals surface area contributed by atoms with Crippen LogP contribution in [0.15, 0.2) is 29.2 Å². The fraction of sp³-hybridized carbons (Fsp3) is 0.438. The topological polar surface area (TPSA) is 124 Å². The predicted molar refractivity (Wildman–Crippen MR) is 94.2 cm³/mol. The molecule has 0 saturated heterocycles. The Morgan fingerprint density at radius 3 is 2.31 bits per heavy atom. The van der Waals surface area contributed by atoms with E-state index in [0.717, 1.165) is 4.90 Å². The molecule has 144 valence electrons. The Kier molecular flexibility index (Phi) is 7.72. The summed E-state index contributed by atoms with van der Waals surface area (Å²) in [5, 5.41) is 11.0. The molecule has 26 heavy (non-hydrogen) atoms. The molecular weight excluding hydrogens is 362 g/mol. The molecule has 1 rings (SSSR count). The number of nitrogens with zero attached hydrogens (tertiary/aromatic N) is 2. The first-order chi connectivity index (χ1) is 12.1. The number of sulfonamides is 1. The summed E-state index contributed by atoms with van der Waals surface area (Å²) in [5.74, 6) is -2.37. The van der Waals surface area contributed by atoms with Gasteiger partial charge < -0.3 is 15.3 Å². The SMILES string of the molecule is CCN(CC)S(=O)(=O)c1cccc(C(=O)NCC(=O)N(C)CC(=O)O)c1. The van der Waals surface area contributed by atoms with Gasteiger partial charge in [0.2, 0.25) is 15.9 Å². The third kappa shape index (κ3) is 5.53. The van der Waals surface area contributed by atoms with Crippen molar-refractivity contribution in [2.24, 2.45) is 0 Å². The second-order valence-corrected chi connectivity index (χ2v) is 7.38. The van der Waals surface area contributed by atoms with Crippen LogP contribution in [0.5, 0.6) is 0 Å². The van der Waals surface area contributed by atoms with Gasteiger partial charge in [-0.25, -0.2) is 8.42 Å². The number of carboxylic acids is 1. The molecule has 0 bridgehead atoms. The maximum atomic E-state index is 12.5. The van der Waals surface area contributed by atoms with E-state index in [0.29, 0.717) is 13.1 Å². The maximum Gasteiger partial charge on any atom is 0.323 e. The van der Waals surface area contributed by atoms with Gasteiger partial charge in [-0.05, 0) is 18.2 Å². The van der Waals surface area contributed by atoms with Crippen LogP contribution in [0.4, 0.5) is 0 Å². The second kappa shape index (κ2) is 9.30. The molecule has 0 heterocycles. The fourth-order valence-corrected chi connectivity index (χ4v) is 3.70. The summed E-state index contributed by atoms with van der Waals surface area (Å²) in [7, 11) is -2.40. The first-order valence-electron chi connectivity index (χ1n) is 7.97. The predicted octanol–water partition coefficient (Wildman–Crippen LogP) is -0.0101. The minimum atomic E-state index is -3.70. The monoisotopic (exact) mass is 385 g/mol. The van der Waals surface area contributed by atoms with Crippen LogP contribution < -0.4 is 5.32 Å². The van der Waals surface area contributed by atoms with E-state index in [1.54, 1.807) is 13.8 Å². The van der Waals surface area contributed by atoms with E-state index >= 15 is 0 Å². The Morgan fingerprint density at radius 2 is 1.77 bits per heavy atom. The standard InChI is InChI=1S/C16H23N3O6S/c1-4-19(5-2)26(24,25)13-8-6-7-12(9-13)16(23)17-10-14(20)18(3)11-15(21)22/h6-9H,4-5,10-11H2,1-3H3,(H,17,23)(H,21,22). The summed E-state index contributed by atoms with van der Waals surface area (Å²) < 4.78 is 26.3. The molecule has 0 fully saturated rings. The highest BCUT2D eigenvalue weighted by Gasteiger charge is 2.22. The van der Waals surface area contributed by atoms with Crippen LogP contribution in [-0.2, 0) is 19.6 Å². The molecule has 0 atom stereocenters. The quantitative estimate of drug-likeness (QED) is 0.616. The van der Waals surface area contributed by atoms with Gasteiger partial charge in [0.25, 0.3) is 5.91 Å². The number of carbonyl (C=O) groups is 3. The molecule has 0 unspecified atom stereocenters. The van der Waals surface area contributed by atoms with Crippen LogP contribution in [-0.4, -0.2) is 73.7 Å². The van der Waals surface area contributed by atoms with Crippen LogP contribution in [0, 0.1) is 0 Å². The summed E-state index contributed by atoms with van der Waals surface area (Å²) in [6.45, 7) is 3.18. The van der Waals surface area contributed by atoms with E-state index < -0.39 is 40.9 Å². The number of hydrogen-bond acceptors (Lipinski definition) is 5. The zero-order valence-corrected chi connectivity index (χ0v) is 15.7. The van der Waals surface area contributed by atoms with E-state index in [1.165, 1.54) is 35.6 Å². The van der Waals surface area contributed by atoms with Crippen molar-refractivity contribution in [3.63, 3.8) is 0 Å². The third-order valence-electron chi connectivity index (χ3n) is 3.64. The number of carbonyl (C=O) groups excluding carboxylic acids is 2. The van der Waals surface area contributed by atoms with Gasteiger partial charge in [0.05, 0.1) is 11.4 Å². The molecule has 0 saturated carbocycles. The van der Waals surface area contributed by atoms with Crippen LogP contribution in [0.25, 0.3) is 0 Å². The van der Waals surface area contributed by atoms with E-state index in [9.17, 15) is 22.8 Å². The molecular formula is C16H23N3O6S. The van der Waals surface area contributed by atoms with E-state index in [2.05, 4.69) is 5.32 Å². The summed E-state index contributed by atoms with van der Waals surface area (Å²) in [6, 6.07) is 5.52. The average molecular weight is 385 g/mol. The molecule has 0 aliphatic rings. The summed E-state index contributed by atoms with van der Waals surface area (Å²) >= 11 is 0. The van der Waals surface area contributed by atoms with Gasteiger partial charge in [0.15, 0.2) is 0 Å². The molecule has 10 heteroatoms. The summed E-state index contributed by atoms with van der Waals surface area (Å²) in [6.07, 6.45) is 0. The van der Waals surface area contributed by atoms with Crippen LogP contribution in [0.2, 0.25) is 0 Å². The zero-order valence-electron chi connectivity index (χ0n) is 14.9. The van der Waals surface area contributed by atoms with Crippen molar-refractivity contribution in [2.75, 3.05) is 33.2 Å². The molecule has 0 aromatic heterocycles. The molecule has 0 aliphatic heterocycles. The number of nitrogens with one attached hydrogen (secondary N) is 1. The molecule has 0 radical (unpaired) electrons.